The summed E-state index contributed by atoms with van der Waals surface area (Å²) < 4.78 is 10.6. The van der Waals surface area contributed by atoms with E-state index in [1.807, 2.05) is 30.3 Å². The van der Waals surface area contributed by atoms with Crippen molar-refractivity contribution in [1.29, 1.82) is 0 Å². The van der Waals surface area contributed by atoms with Gasteiger partial charge in [0.05, 0.1) is 19.8 Å². The second-order valence-corrected chi connectivity index (χ2v) is 5.28. The summed E-state index contributed by atoms with van der Waals surface area (Å²) >= 11 is 0. The monoisotopic (exact) mass is 298 g/mol. The van der Waals surface area contributed by atoms with Crippen LogP contribution in [0.15, 0.2) is 36.4 Å². The first-order chi connectivity index (χ1) is 10.8. The van der Waals surface area contributed by atoms with Crippen molar-refractivity contribution in [2.45, 2.75) is 19.4 Å². The quantitative estimate of drug-likeness (QED) is 0.866. The van der Waals surface area contributed by atoms with Crippen LogP contribution in [0.4, 0.5) is 0 Å². The fraction of sp³-hybridized carbons (Fsp3) is 0.278. The van der Waals surface area contributed by atoms with Crippen LogP contribution >= 0.6 is 0 Å². The van der Waals surface area contributed by atoms with Crippen LogP contribution in [-0.2, 0) is 19.4 Å². The van der Waals surface area contributed by atoms with Gasteiger partial charge in [-0.05, 0) is 47.0 Å². The fourth-order valence-electron chi connectivity index (χ4n) is 2.62. The van der Waals surface area contributed by atoms with Crippen LogP contribution in [0.1, 0.15) is 27.0 Å². The van der Waals surface area contributed by atoms with Crippen LogP contribution in [-0.4, -0.2) is 24.6 Å². The normalized spacial score (nSPS) is 14.0. The molecular formula is C18H18O4. The highest BCUT2D eigenvalue weighted by molar-refractivity contribution is 5.75. The van der Waals surface area contributed by atoms with Crippen LogP contribution in [0, 0.1) is 0 Å². The number of carbonyl (C=O) groups is 1. The highest BCUT2D eigenvalue weighted by Crippen LogP contribution is 2.26. The molecule has 22 heavy (non-hydrogen) atoms. The Morgan fingerprint density at radius 2 is 1.59 bits per heavy atom. The van der Waals surface area contributed by atoms with Crippen LogP contribution < -0.4 is 9.47 Å². The Kier molecular flexibility index (Phi) is 4.39. The number of carbonyl (C=O) groups excluding carboxylic acids is 1. The Bertz CT molecular complexity index is 679. The van der Waals surface area contributed by atoms with E-state index in [9.17, 15) is 4.79 Å². The van der Waals surface area contributed by atoms with E-state index in [0.717, 1.165) is 60.5 Å². The van der Waals surface area contributed by atoms with Gasteiger partial charge in [0.1, 0.15) is 17.8 Å². The van der Waals surface area contributed by atoms with Crippen LogP contribution in [0.25, 0.3) is 0 Å². The smallest absolute Gasteiger partial charge is 0.150 e. The number of hydrogen-bond donors (Lipinski definition) is 1. The Labute approximate surface area is 129 Å². The molecule has 0 spiro atoms. The summed E-state index contributed by atoms with van der Waals surface area (Å²) in [4.78, 5) is 10.4. The van der Waals surface area contributed by atoms with Crippen molar-refractivity contribution < 1.29 is 19.4 Å². The van der Waals surface area contributed by atoms with E-state index in [2.05, 4.69) is 0 Å². The third kappa shape index (κ3) is 3.12. The summed E-state index contributed by atoms with van der Waals surface area (Å²) in [6.07, 6.45) is 2.76. The second-order valence-electron chi connectivity index (χ2n) is 5.28. The van der Waals surface area contributed by atoms with Gasteiger partial charge >= 0.3 is 0 Å². The van der Waals surface area contributed by atoms with Crippen molar-refractivity contribution in [1.82, 2.24) is 0 Å². The Hall–Kier alpha value is -2.33. The molecular weight excluding hydrogens is 280 g/mol. The first-order valence-electron chi connectivity index (χ1n) is 7.36. The molecule has 4 heteroatoms. The molecule has 4 rings (SSSR count). The summed E-state index contributed by atoms with van der Waals surface area (Å²) in [5.74, 6) is 1.90. The molecule has 0 saturated carbocycles. The van der Waals surface area contributed by atoms with Crippen molar-refractivity contribution >= 4 is 6.29 Å². The first kappa shape index (κ1) is 14.6. The zero-order chi connectivity index (χ0) is 15.4. The third-order valence-corrected chi connectivity index (χ3v) is 3.79. The predicted octanol–water partition coefficient (Wildman–Crippen LogP) is 2.55. The van der Waals surface area contributed by atoms with Gasteiger partial charge in [0.2, 0.25) is 0 Å². The molecule has 0 aromatic heterocycles. The molecule has 2 aliphatic rings. The number of aliphatic hydroxyl groups is 1. The first-order valence-corrected chi connectivity index (χ1v) is 7.36. The number of rotatable bonds is 2. The van der Waals surface area contributed by atoms with E-state index in [-0.39, 0.29) is 6.61 Å². The Morgan fingerprint density at radius 3 is 2.23 bits per heavy atom. The Balaban J connectivity index is 0.000000131. The van der Waals surface area contributed by atoms with Gasteiger partial charge in [-0.1, -0.05) is 6.07 Å². The molecule has 2 aromatic rings. The number of aldehydes is 1. The van der Waals surface area contributed by atoms with E-state index in [4.69, 9.17) is 14.6 Å². The summed E-state index contributed by atoms with van der Waals surface area (Å²) in [6.45, 7) is 1.65. The second kappa shape index (κ2) is 6.62. The number of ether oxygens (including phenoxy) is 2. The third-order valence-electron chi connectivity index (χ3n) is 3.79. The van der Waals surface area contributed by atoms with Crippen LogP contribution in [0.3, 0.4) is 0 Å². The molecule has 2 heterocycles. The Morgan fingerprint density at radius 1 is 0.955 bits per heavy atom. The molecule has 2 aromatic carbocycles. The van der Waals surface area contributed by atoms with Crippen molar-refractivity contribution in [2.75, 3.05) is 13.2 Å². The van der Waals surface area contributed by atoms with E-state index in [1.54, 1.807) is 6.07 Å². The average Bonchev–Trinajstić information content (AvgIpc) is 3.22. The van der Waals surface area contributed by atoms with Gasteiger partial charge in [-0.15, -0.1) is 0 Å². The molecule has 0 amide bonds. The molecule has 0 saturated heterocycles. The van der Waals surface area contributed by atoms with Crippen molar-refractivity contribution in [3.05, 3.63) is 58.7 Å². The molecule has 4 nitrogen and oxygen atoms in total. The van der Waals surface area contributed by atoms with Gasteiger partial charge in [0.25, 0.3) is 0 Å². The highest BCUT2D eigenvalue weighted by Gasteiger charge is 2.11. The highest BCUT2D eigenvalue weighted by atomic mass is 16.5. The number of hydrogen-bond acceptors (Lipinski definition) is 4. The van der Waals surface area contributed by atoms with E-state index in [1.165, 1.54) is 5.56 Å². The SMILES string of the molecule is O=Cc1ccc2c(c1)CCO2.OCc1ccc2c(c1)CCO2. The van der Waals surface area contributed by atoms with Gasteiger partial charge in [-0.25, -0.2) is 0 Å². The standard InChI is InChI=1S/C9H10O2.C9H8O2/c2*10-6-7-1-2-9-8(5-7)3-4-11-9/h1-2,5,10H,3-4,6H2;1-2,5-6H,3-4H2. The van der Waals surface area contributed by atoms with Gasteiger partial charge in [-0.3, -0.25) is 4.79 Å². The lowest BCUT2D eigenvalue weighted by Gasteiger charge is -1.99. The van der Waals surface area contributed by atoms with Crippen molar-refractivity contribution in [2.24, 2.45) is 0 Å². The predicted molar refractivity (Wildman–Crippen MR) is 82.6 cm³/mol. The topological polar surface area (TPSA) is 55.8 Å². The van der Waals surface area contributed by atoms with Crippen molar-refractivity contribution in [3.8, 4) is 11.5 Å². The maximum absolute atomic E-state index is 10.4. The zero-order valence-electron chi connectivity index (χ0n) is 12.2. The number of benzene rings is 2. The van der Waals surface area contributed by atoms with E-state index in [0.29, 0.717) is 0 Å². The van der Waals surface area contributed by atoms with Crippen LogP contribution in [0.5, 0.6) is 11.5 Å². The fourth-order valence-corrected chi connectivity index (χ4v) is 2.62. The number of fused-ring (bicyclic) bond motifs is 2. The largest absolute Gasteiger partial charge is 0.493 e. The van der Waals surface area contributed by atoms with E-state index >= 15 is 0 Å². The molecule has 0 radical (unpaired) electrons. The lowest BCUT2D eigenvalue weighted by atomic mass is 10.1. The van der Waals surface area contributed by atoms with Gasteiger partial charge < -0.3 is 14.6 Å². The average molecular weight is 298 g/mol. The minimum Gasteiger partial charge on any atom is -0.493 e. The summed E-state index contributed by atoms with van der Waals surface area (Å²) in [5.41, 5.74) is 4.06. The molecule has 0 atom stereocenters. The summed E-state index contributed by atoms with van der Waals surface area (Å²) in [5, 5.41) is 8.83. The maximum atomic E-state index is 10.4. The molecule has 0 bridgehead atoms. The molecule has 0 aliphatic carbocycles. The van der Waals surface area contributed by atoms with Crippen molar-refractivity contribution in [3.63, 3.8) is 0 Å². The van der Waals surface area contributed by atoms with E-state index < -0.39 is 0 Å². The molecule has 2 aliphatic heterocycles. The molecule has 0 fully saturated rings. The minimum atomic E-state index is 0.118. The summed E-state index contributed by atoms with van der Waals surface area (Å²) in [7, 11) is 0. The van der Waals surface area contributed by atoms with Gasteiger partial charge in [0.15, 0.2) is 0 Å². The zero-order valence-corrected chi connectivity index (χ0v) is 12.2. The maximum Gasteiger partial charge on any atom is 0.150 e. The lowest BCUT2D eigenvalue weighted by molar-refractivity contribution is 0.112. The number of aliphatic hydroxyl groups excluding tert-OH is 1. The van der Waals surface area contributed by atoms with Gasteiger partial charge in [-0.2, -0.15) is 0 Å². The molecule has 0 unspecified atom stereocenters. The molecule has 1 N–H and O–H groups in total. The molecule has 114 valence electrons. The van der Waals surface area contributed by atoms with Gasteiger partial charge in [0, 0.05) is 18.4 Å². The summed E-state index contributed by atoms with van der Waals surface area (Å²) in [6, 6.07) is 11.3. The lowest BCUT2D eigenvalue weighted by Crippen LogP contribution is -1.85. The minimum absolute atomic E-state index is 0.118. The van der Waals surface area contributed by atoms with Crippen LogP contribution in [0.2, 0.25) is 0 Å².